The first-order chi connectivity index (χ1) is 8.67. The molecule has 0 atom stereocenters. The number of hydrogen-bond donors (Lipinski definition) is 1. The molecule has 1 aromatic carbocycles. The van der Waals surface area contributed by atoms with Gasteiger partial charge in [-0.05, 0) is 36.6 Å². The molecule has 0 aliphatic heterocycles. The van der Waals surface area contributed by atoms with Gasteiger partial charge in [-0.3, -0.25) is 0 Å². The number of aromatic carboxylic acids is 1. The number of unbranched alkanes of at least 4 members (excludes halogenated alkanes) is 1. The highest BCUT2D eigenvalue weighted by Gasteiger charge is 2.13. The summed E-state index contributed by atoms with van der Waals surface area (Å²) < 4.78 is 2.06. The Morgan fingerprint density at radius 2 is 2.11 bits per heavy atom. The first-order valence-electron chi connectivity index (χ1n) is 6.52. The summed E-state index contributed by atoms with van der Waals surface area (Å²) in [5.41, 5.74) is 2.35. The molecule has 0 unspecified atom stereocenters. The Bertz CT molecular complexity index is 569. The van der Waals surface area contributed by atoms with E-state index in [1.54, 1.807) is 6.07 Å². The zero-order valence-electron chi connectivity index (χ0n) is 10.9. The van der Waals surface area contributed by atoms with Crippen LogP contribution in [0, 0.1) is 0 Å². The van der Waals surface area contributed by atoms with Crippen molar-refractivity contribution in [1.29, 1.82) is 0 Å². The molecule has 18 heavy (non-hydrogen) atoms. The van der Waals surface area contributed by atoms with Crippen LogP contribution in [0.3, 0.4) is 0 Å². The van der Waals surface area contributed by atoms with Gasteiger partial charge in [-0.2, -0.15) is 0 Å². The van der Waals surface area contributed by atoms with E-state index in [1.807, 2.05) is 19.2 Å². The molecule has 2 aromatic rings. The van der Waals surface area contributed by atoms with Crippen molar-refractivity contribution < 1.29 is 9.90 Å². The first-order valence-corrected chi connectivity index (χ1v) is 6.52. The Balaban J connectivity index is 2.59. The molecule has 2 rings (SSSR count). The Hall–Kier alpha value is -1.77. The smallest absolute Gasteiger partial charge is 0.337 e. The molecule has 1 aromatic heterocycles. The summed E-state index contributed by atoms with van der Waals surface area (Å²) in [7, 11) is 0. The number of aromatic nitrogens is 1. The van der Waals surface area contributed by atoms with E-state index in [0.29, 0.717) is 5.56 Å². The van der Waals surface area contributed by atoms with E-state index >= 15 is 0 Å². The van der Waals surface area contributed by atoms with E-state index in [9.17, 15) is 9.90 Å². The maximum atomic E-state index is 11.4. The van der Waals surface area contributed by atoms with Gasteiger partial charge in [0.2, 0.25) is 0 Å². The van der Waals surface area contributed by atoms with Gasteiger partial charge in [0.1, 0.15) is 0 Å². The number of benzene rings is 1. The summed E-state index contributed by atoms with van der Waals surface area (Å²) in [6.45, 7) is 5.06. The normalized spacial score (nSPS) is 11.0. The SMILES string of the molecule is CCCCn1ccc2cc(CC)cc(C(=O)O)c21. The molecule has 0 spiro atoms. The molecule has 96 valence electrons. The molecule has 0 amide bonds. The van der Waals surface area contributed by atoms with E-state index in [1.165, 1.54) is 0 Å². The third-order valence-corrected chi connectivity index (χ3v) is 3.31. The molecule has 3 heteroatoms. The maximum Gasteiger partial charge on any atom is 0.337 e. The minimum absolute atomic E-state index is 0.422. The van der Waals surface area contributed by atoms with Crippen LogP contribution < -0.4 is 0 Å². The zero-order valence-corrected chi connectivity index (χ0v) is 10.9. The van der Waals surface area contributed by atoms with Gasteiger partial charge in [0.25, 0.3) is 0 Å². The van der Waals surface area contributed by atoms with Gasteiger partial charge in [0.15, 0.2) is 0 Å². The average molecular weight is 245 g/mol. The second kappa shape index (κ2) is 5.25. The number of aryl methyl sites for hydroxylation is 2. The van der Waals surface area contributed by atoms with Gasteiger partial charge in [0, 0.05) is 18.1 Å². The molecular formula is C15H19NO2. The lowest BCUT2D eigenvalue weighted by Gasteiger charge is -2.08. The molecule has 3 nitrogen and oxygen atoms in total. The van der Waals surface area contributed by atoms with Crippen LogP contribution in [-0.4, -0.2) is 15.6 Å². The van der Waals surface area contributed by atoms with Gasteiger partial charge >= 0.3 is 5.97 Å². The molecule has 0 aliphatic carbocycles. The number of rotatable bonds is 5. The highest BCUT2D eigenvalue weighted by molar-refractivity contribution is 6.02. The predicted molar refractivity (Wildman–Crippen MR) is 73.2 cm³/mol. The fourth-order valence-corrected chi connectivity index (χ4v) is 2.29. The van der Waals surface area contributed by atoms with Gasteiger partial charge in [-0.15, -0.1) is 0 Å². The van der Waals surface area contributed by atoms with Gasteiger partial charge in [-0.1, -0.05) is 20.3 Å². The number of carboxylic acid groups (broad SMARTS) is 1. The van der Waals surface area contributed by atoms with E-state index in [0.717, 1.165) is 42.3 Å². The lowest BCUT2D eigenvalue weighted by atomic mass is 10.0. The first kappa shape index (κ1) is 12.7. The van der Waals surface area contributed by atoms with Crippen molar-refractivity contribution in [1.82, 2.24) is 4.57 Å². The molecule has 1 N–H and O–H groups in total. The van der Waals surface area contributed by atoms with Crippen LogP contribution in [0.25, 0.3) is 10.9 Å². The fourth-order valence-electron chi connectivity index (χ4n) is 2.29. The predicted octanol–water partition coefficient (Wildman–Crippen LogP) is 3.70. The van der Waals surface area contributed by atoms with Crippen LogP contribution >= 0.6 is 0 Å². The second-order valence-electron chi connectivity index (χ2n) is 4.60. The van der Waals surface area contributed by atoms with Crippen molar-refractivity contribution in [2.75, 3.05) is 0 Å². The summed E-state index contributed by atoms with van der Waals surface area (Å²) >= 11 is 0. The standard InChI is InChI=1S/C15H19NO2/c1-3-5-7-16-8-6-12-9-11(4-2)10-13(14(12)16)15(17)18/h6,8-10H,3-5,7H2,1-2H3,(H,17,18). The molecule has 0 fully saturated rings. The lowest BCUT2D eigenvalue weighted by molar-refractivity contribution is 0.0698. The van der Waals surface area contributed by atoms with E-state index in [2.05, 4.69) is 17.6 Å². The molecule has 0 bridgehead atoms. The number of nitrogens with zero attached hydrogens (tertiary/aromatic N) is 1. The second-order valence-corrected chi connectivity index (χ2v) is 4.60. The number of fused-ring (bicyclic) bond motifs is 1. The number of carbonyl (C=O) groups is 1. The average Bonchev–Trinajstić information content (AvgIpc) is 2.77. The Labute approximate surface area is 107 Å². The van der Waals surface area contributed by atoms with Gasteiger partial charge in [-0.25, -0.2) is 4.79 Å². The number of carboxylic acids is 1. The van der Waals surface area contributed by atoms with Crippen LogP contribution in [0.1, 0.15) is 42.6 Å². The Morgan fingerprint density at radius 3 is 2.72 bits per heavy atom. The summed E-state index contributed by atoms with van der Waals surface area (Å²) in [6.07, 6.45) is 5.02. The maximum absolute atomic E-state index is 11.4. The van der Waals surface area contributed by atoms with E-state index < -0.39 is 5.97 Å². The minimum atomic E-state index is -0.841. The van der Waals surface area contributed by atoms with E-state index in [4.69, 9.17) is 0 Å². The van der Waals surface area contributed by atoms with Gasteiger partial charge in [0.05, 0.1) is 11.1 Å². The topological polar surface area (TPSA) is 42.2 Å². The summed E-state index contributed by atoms with van der Waals surface area (Å²) in [5, 5.41) is 10.4. The van der Waals surface area contributed by atoms with Crippen molar-refractivity contribution in [2.45, 2.75) is 39.7 Å². The molecule has 0 radical (unpaired) electrons. The van der Waals surface area contributed by atoms with Crippen molar-refractivity contribution in [3.8, 4) is 0 Å². The Morgan fingerprint density at radius 1 is 1.33 bits per heavy atom. The quantitative estimate of drug-likeness (QED) is 0.872. The summed E-state index contributed by atoms with van der Waals surface area (Å²) in [4.78, 5) is 11.4. The molecular weight excluding hydrogens is 226 g/mol. The van der Waals surface area contributed by atoms with Gasteiger partial charge < -0.3 is 9.67 Å². The van der Waals surface area contributed by atoms with Crippen LogP contribution in [0.4, 0.5) is 0 Å². The monoisotopic (exact) mass is 245 g/mol. The summed E-state index contributed by atoms with van der Waals surface area (Å²) in [5.74, 6) is -0.841. The van der Waals surface area contributed by atoms with Crippen molar-refractivity contribution in [3.05, 3.63) is 35.5 Å². The molecule has 0 aliphatic rings. The lowest BCUT2D eigenvalue weighted by Crippen LogP contribution is -2.04. The van der Waals surface area contributed by atoms with Crippen LogP contribution in [0.15, 0.2) is 24.4 Å². The molecule has 1 heterocycles. The van der Waals surface area contributed by atoms with Crippen LogP contribution in [-0.2, 0) is 13.0 Å². The summed E-state index contributed by atoms with van der Waals surface area (Å²) in [6, 6.07) is 5.90. The van der Waals surface area contributed by atoms with Crippen LogP contribution in [0.2, 0.25) is 0 Å². The van der Waals surface area contributed by atoms with Crippen LogP contribution in [0.5, 0.6) is 0 Å². The van der Waals surface area contributed by atoms with E-state index in [-0.39, 0.29) is 0 Å². The molecule has 0 saturated carbocycles. The van der Waals surface area contributed by atoms with Crippen molar-refractivity contribution in [2.24, 2.45) is 0 Å². The minimum Gasteiger partial charge on any atom is -0.478 e. The highest BCUT2D eigenvalue weighted by Crippen LogP contribution is 2.23. The fraction of sp³-hybridized carbons (Fsp3) is 0.400. The number of hydrogen-bond acceptors (Lipinski definition) is 1. The zero-order chi connectivity index (χ0) is 13.1. The van der Waals surface area contributed by atoms with Crippen molar-refractivity contribution in [3.63, 3.8) is 0 Å². The highest BCUT2D eigenvalue weighted by atomic mass is 16.4. The third-order valence-electron chi connectivity index (χ3n) is 3.31. The third kappa shape index (κ3) is 2.26. The molecule has 0 saturated heterocycles. The van der Waals surface area contributed by atoms with Crippen molar-refractivity contribution >= 4 is 16.9 Å². The largest absolute Gasteiger partial charge is 0.478 e. The Kier molecular flexibility index (Phi) is 3.70.